The summed E-state index contributed by atoms with van der Waals surface area (Å²) in [6.07, 6.45) is 1.44. The Balaban J connectivity index is 2.04. The van der Waals surface area contributed by atoms with Gasteiger partial charge in [-0.05, 0) is 30.6 Å². The fourth-order valence-corrected chi connectivity index (χ4v) is 2.26. The molecule has 0 atom stereocenters. The lowest BCUT2D eigenvalue weighted by Crippen LogP contribution is -2.17. The van der Waals surface area contributed by atoms with Crippen molar-refractivity contribution >= 4 is 46.9 Å². The van der Waals surface area contributed by atoms with E-state index in [1.165, 1.54) is 6.21 Å². The van der Waals surface area contributed by atoms with Crippen LogP contribution >= 0.6 is 34.7 Å². The van der Waals surface area contributed by atoms with Crippen LogP contribution in [0, 0.1) is 6.92 Å². The second-order valence-corrected chi connectivity index (χ2v) is 5.15. The molecule has 98 valence electrons. The van der Waals surface area contributed by atoms with Crippen molar-refractivity contribution < 1.29 is 4.79 Å². The highest BCUT2D eigenvalue weighted by atomic mass is 35.5. The smallest absolute Gasteiger partial charge is 0.266 e. The van der Waals surface area contributed by atoms with Gasteiger partial charge in [0.2, 0.25) is 0 Å². The molecule has 0 aliphatic carbocycles. The normalized spacial score (nSPS) is 10.9. The molecule has 0 aliphatic rings. The van der Waals surface area contributed by atoms with Gasteiger partial charge in [0.15, 0.2) is 0 Å². The Morgan fingerprint density at radius 3 is 2.89 bits per heavy atom. The summed E-state index contributed by atoms with van der Waals surface area (Å²) in [5.74, 6) is -0.353. The Labute approximate surface area is 123 Å². The quantitative estimate of drug-likeness (QED) is 0.699. The molecule has 1 amide bonds. The summed E-state index contributed by atoms with van der Waals surface area (Å²) < 4.78 is 3.68. The third-order valence-corrected chi connectivity index (χ3v) is 3.58. The van der Waals surface area contributed by atoms with Crippen LogP contribution in [0.2, 0.25) is 10.0 Å². The van der Waals surface area contributed by atoms with Crippen LogP contribution in [0.1, 0.15) is 20.9 Å². The van der Waals surface area contributed by atoms with Crippen LogP contribution in [-0.4, -0.2) is 21.7 Å². The number of amides is 1. The summed E-state index contributed by atoms with van der Waals surface area (Å²) in [7, 11) is 0. The van der Waals surface area contributed by atoms with Gasteiger partial charge >= 0.3 is 0 Å². The minimum atomic E-state index is -0.353. The summed E-state index contributed by atoms with van der Waals surface area (Å²) in [5.41, 5.74) is 3.61. The minimum Gasteiger partial charge on any atom is -0.266 e. The zero-order valence-corrected chi connectivity index (χ0v) is 12.1. The topological polar surface area (TPSA) is 67.2 Å². The SMILES string of the molecule is Cc1nnsc1C(=O)N/N=C\c1ccc(Cl)cc1Cl. The first-order valence-electron chi connectivity index (χ1n) is 5.15. The predicted molar refractivity (Wildman–Crippen MR) is 76.2 cm³/mol. The average molecular weight is 315 g/mol. The second-order valence-electron chi connectivity index (χ2n) is 3.55. The van der Waals surface area contributed by atoms with Crippen LogP contribution in [0.5, 0.6) is 0 Å². The molecule has 1 heterocycles. The van der Waals surface area contributed by atoms with Gasteiger partial charge in [-0.15, -0.1) is 5.10 Å². The van der Waals surface area contributed by atoms with Crippen molar-refractivity contribution in [3.8, 4) is 0 Å². The van der Waals surface area contributed by atoms with Gasteiger partial charge in [-0.3, -0.25) is 4.79 Å². The molecule has 0 saturated heterocycles. The molecule has 0 fully saturated rings. The monoisotopic (exact) mass is 314 g/mol. The Morgan fingerprint density at radius 1 is 1.47 bits per heavy atom. The fraction of sp³-hybridized carbons (Fsp3) is 0.0909. The lowest BCUT2D eigenvalue weighted by Gasteiger charge is -1.99. The van der Waals surface area contributed by atoms with Gasteiger partial charge in [-0.2, -0.15) is 5.10 Å². The van der Waals surface area contributed by atoms with Crippen molar-refractivity contribution in [1.29, 1.82) is 0 Å². The van der Waals surface area contributed by atoms with Crippen molar-refractivity contribution in [2.24, 2.45) is 5.10 Å². The highest BCUT2D eigenvalue weighted by Gasteiger charge is 2.11. The second kappa shape index (κ2) is 6.10. The number of carbonyl (C=O) groups is 1. The minimum absolute atomic E-state index is 0.353. The lowest BCUT2D eigenvalue weighted by molar-refractivity contribution is 0.0958. The number of aryl methyl sites for hydroxylation is 1. The molecule has 1 N–H and O–H groups in total. The Bertz CT molecular complexity index is 641. The fourth-order valence-electron chi connectivity index (χ4n) is 1.26. The van der Waals surface area contributed by atoms with Crippen molar-refractivity contribution in [1.82, 2.24) is 15.0 Å². The van der Waals surface area contributed by atoms with Crippen LogP contribution in [0.3, 0.4) is 0 Å². The number of benzene rings is 1. The van der Waals surface area contributed by atoms with Gasteiger partial charge in [0.25, 0.3) is 5.91 Å². The number of halogens is 2. The molecule has 0 bridgehead atoms. The van der Waals surface area contributed by atoms with Gasteiger partial charge in [0, 0.05) is 10.6 Å². The van der Waals surface area contributed by atoms with E-state index in [0.717, 1.165) is 11.5 Å². The molecule has 2 aromatic rings. The van der Waals surface area contributed by atoms with E-state index in [9.17, 15) is 4.79 Å². The molecule has 1 aromatic heterocycles. The van der Waals surface area contributed by atoms with E-state index in [4.69, 9.17) is 23.2 Å². The van der Waals surface area contributed by atoms with Crippen molar-refractivity contribution in [3.05, 3.63) is 44.4 Å². The molecule has 1 aromatic carbocycles. The Kier molecular flexibility index (Phi) is 4.47. The summed E-state index contributed by atoms with van der Waals surface area (Å²) in [6.45, 7) is 1.71. The summed E-state index contributed by atoms with van der Waals surface area (Å²) >= 11 is 12.8. The number of aromatic nitrogens is 2. The van der Waals surface area contributed by atoms with E-state index >= 15 is 0 Å². The molecule has 5 nitrogen and oxygen atoms in total. The van der Waals surface area contributed by atoms with Gasteiger partial charge in [-0.1, -0.05) is 33.8 Å². The first kappa shape index (κ1) is 13.9. The van der Waals surface area contributed by atoms with E-state index < -0.39 is 0 Å². The highest BCUT2D eigenvalue weighted by Crippen LogP contribution is 2.19. The summed E-state index contributed by atoms with van der Waals surface area (Å²) in [4.78, 5) is 12.1. The number of hydrazone groups is 1. The Morgan fingerprint density at radius 2 is 2.26 bits per heavy atom. The predicted octanol–water partition coefficient (Wildman–Crippen LogP) is 2.92. The van der Waals surface area contributed by atoms with Gasteiger partial charge in [0.05, 0.1) is 16.9 Å². The van der Waals surface area contributed by atoms with Gasteiger partial charge in [-0.25, -0.2) is 5.43 Å². The van der Waals surface area contributed by atoms with E-state index in [1.54, 1.807) is 25.1 Å². The molecule has 0 unspecified atom stereocenters. The molecule has 0 spiro atoms. The van der Waals surface area contributed by atoms with Crippen molar-refractivity contribution in [2.75, 3.05) is 0 Å². The maximum atomic E-state index is 11.7. The maximum absolute atomic E-state index is 11.7. The number of rotatable bonds is 3. The molecule has 0 radical (unpaired) electrons. The number of carbonyl (C=O) groups excluding carboxylic acids is 1. The van der Waals surface area contributed by atoms with Crippen LogP contribution in [-0.2, 0) is 0 Å². The number of hydrogen-bond acceptors (Lipinski definition) is 5. The van der Waals surface area contributed by atoms with E-state index in [1.807, 2.05) is 0 Å². The zero-order valence-electron chi connectivity index (χ0n) is 9.72. The largest absolute Gasteiger partial charge is 0.285 e. The lowest BCUT2D eigenvalue weighted by atomic mass is 10.2. The van der Waals surface area contributed by atoms with Crippen LogP contribution in [0.15, 0.2) is 23.3 Å². The van der Waals surface area contributed by atoms with Gasteiger partial charge < -0.3 is 0 Å². The Hall–Kier alpha value is -1.50. The van der Waals surface area contributed by atoms with E-state index in [0.29, 0.717) is 26.2 Å². The summed E-state index contributed by atoms with van der Waals surface area (Å²) in [5, 5.41) is 8.57. The molecule has 2 rings (SSSR count). The highest BCUT2D eigenvalue weighted by molar-refractivity contribution is 7.07. The molecule has 0 aliphatic heterocycles. The van der Waals surface area contributed by atoms with E-state index in [2.05, 4.69) is 20.1 Å². The standard InChI is InChI=1S/C11H8Cl2N4OS/c1-6-10(19-17-15-6)11(18)16-14-5-7-2-3-8(12)4-9(7)13/h2-5H,1H3,(H,16,18)/b14-5-. The van der Waals surface area contributed by atoms with Crippen LogP contribution in [0.4, 0.5) is 0 Å². The third kappa shape index (κ3) is 3.50. The van der Waals surface area contributed by atoms with Crippen LogP contribution < -0.4 is 5.43 Å². The number of nitrogens with one attached hydrogen (secondary N) is 1. The summed E-state index contributed by atoms with van der Waals surface area (Å²) in [6, 6.07) is 5.00. The third-order valence-electron chi connectivity index (χ3n) is 2.19. The van der Waals surface area contributed by atoms with Crippen LogP contribution in [0.25, 0.3) is 0 Å². The molecular weight excluding hydrogens is 307 g/mol. The molecular formula is C11H8Cl2N4OS. The number of nitrogens with zero attached hydrogens (tertiary/aromatic N) is 3. The van der Waals surface area contributed by atoms with Crippen molar-refractivity contribution in [3.63, 3.8) is 0 Å². The number of hydrogen-bond donors (Lipinski definition) is 1. The van der Waals surface area contributed by atoms with Crippen molar-refractivity contribution in [2.45, 2.75) is 6.92 Å². The average Bonchev–Trinajstić information content (AvgIpc) is 2.78. The van der Waals surface area contributed by atoms with Gasteiger partial charge in [0.1, 0.15) is 4.88 Å². The first-order valence-corrected chi connectivity index (χ1v) is 6.68. The molecule has 8 heteroatoms. The maximum Gasteiger partial charge on any atom is 0.285 e. The van der Waals surface area contributed by atoms with E-state index in [-0.39, 0.29) is 5.91 Å². The molecule has 19 heavy (non-hydrogen) atoms. The zero-order chi connectivity index (χ0) is 13.8. The molecule has 0 saturated carbocycles. The first-order chi connectivity index (χ1) is 9.08.